The van der Waals surface area contributed by atoms with Gasteiger partial charge in [-0.25, -0.2) is 0 Å². The zero-order chi connectivity index (χ0) is 55.6. The Balaban J connectivity index is 0.901. The summed E-state index contributed by atoms with van der Waals surface area (Å²) in [6, 6.07) is 25.0. The molecule has 6 aromatic rings. The first-order valence-electron chi connectivity index (χ1n) is 28.1. The summed E-state index contributed by atoms with van der Waals surface area (Å²) in [7, 11) is 1.52. The lowest BCUT2D eigenvalue weighted by Gasteiger charge is -2.39. The van der Waals surface area contributed by atoms with Crippen LogP contribution in [0.4, 0.5) is 37.7 Å². The lowest BCUT2D eigenvalue weighted by molar-refractivity contribution is -0.144. The highest BCUT2D eigenvalue weighted by Crippen LogP contribution is 2.62. The van der Waals surface area contributed by atoms with Crippen LogP contribution in [0.3, 0.4) is 0 Å². The number of aromatic hydroxyl groups is 2. The molecule has 0 amide bonds. The number of anilines is 2. The number of phenols is 2. The van der Waals surface area contributed by atoms with Crippen LogP contribution >= 0.6 is 0 Å². The summed E-state index contributed by atoms with van der Waals surface area (Å²) in [5, 5.41) is 21.5. The average molecular weight is 1090 g/mol. The number of fused-ring (bicyclic) bond motifs is 8. The predicted octanol–water partition coefficient (Wildman–Crippen LogP) is 16.4. The van der Waals surface area contributed by atoms with Gasteiger partial charge >= 0.3 is 18.3 Å². The molecule has 2 heterocycles. The Morgan fingerprint density at radius 3 is 1.97 bits per heavy atom. The highest BCUT2D eigenvalue weighted by molar-refractivity contribution is 6.10. The molecule has 2 unspecified atom stereocenters. The fourth-order valence-corrected chi connectivity index (χ4v) is 14.0. The maximum absolute atomic E-state index is 15.3. The van der Waals surface area contributed by atoms with Gasteiger partial charge in [0.2, 0.25) is 0 Å². The predicted molar refractivity (Wildman–Crippen MR) is 296 cm³/mol. The number of piperazine rings is 1. The van der Waals surface area contributed by atoms with Gasteiger partial charge in [0.05, 0.1) is 29.8 Å². The van der Waals surface area contributed by atoms with Gasteiger partial charge in [0.15, 0.2) is 5.60 Å². The monoisotopic (exact) mass is 1090 g/mol. The van der Waals surface area contributed by atoms with Gasteiger partial charge in [0.25, 0.3) is 0 Å². The average Bonchev–Trinajstić information content (AvgIpc) is 2.73. The number of benzene rings is 6. The van der Waals surface area contributed by atoms with Crippen molar-refractivity contribution in [2.75, 3.05) is 43.1 Å². The number of halogens is 6. The van der Waals surface area contributed by atoms with Crippen LogP contribution in [0.2, 0.25) is 0 Å². The Morgan fingerprint density at radius 2 is 1.37 bits per heavy atom. The lowest BCUT2D eigenvalue weighted by Crippen LogP contribution is -2.46. The van der Waals surface area contributed by atoms with E-state index in [4.69, 9.17) is 14.2 Å². The quantitative estimate of drug-likeness (QED) is 0.0542. The first kappa shape index (κ1) is 54.1. The second kappa shape index (κ2) is 21.0. The van der Waals surface area contributed by atoms with E-state index >= 15 is 13.2 Å². The molecule has 5 aliphatic rings. The number of unbranched alkanes of at least 4 members (excludes halogenated alkanes) is 2. The normalized spacial score (nSPS) is 21.5. The van der Waals surface area contributed by atoms with Gasteiger partial charge in [-0.3, -0.25) is 4.79 Å². The Morgan fingerprint density at radius 1 is 0.722 bits per heavy atom. The molecule has 3 aliphatic carbocycles. The minimum Gasteiger partial charge on any atom is -0.508 e. The molecule has 2 aliphatic heterocycles. The smallest absolute Gasteiger partial charge is 0.416 e. The molecule has 3 fully saturated rings. The van der Waals surface area contributed by atoms with E-state index < -0.39 is 34.5 Å². The van der Waals surface area contributed by atoms with Crippen LogP contribution in [0, 0.1) is 23.7 Å². The zero-order valence-electron chi connectivity index (χ0n) is 45.2. The minimum atomic E-state index is -5.14. The van der Waals surface area contributed by atoms with Gasteiger partial charge in [-0.15, -0.1) is 0 Å². The van der Waals surface area contributed by atoms with Crippen molar-refractivity contribution in [1.82, 2.24) is 0 Å². The van der Waals surface area contributed by atoms with E-state index in [1.807, 2.05) is 30.3 Å². The SMILES string of the molecule is CCCCCC1CCC(C2CCCC(C(=O)Oc3ccc(N4CCN(c5cc6c7c(c8c(c6cc5OC)OC(c5ccc(O)cc5)(c5ccc(O)cc5)C=C8)C(C)(C)c5c-7cc(C(F)(F)F)cc5C(F)(F)F)CC4)cc3)C2)CC1. The summed E-state index contributed by atoms with van der Waals surface area (Å²) in [4.78, 5) is 18.0. The number of hydrogen-bond acceptors (Lipinski definition) is 8. The second-order valence-corrected chi connectivity index (χ2v) is 23.2. The largest absolute Gasteiger partial charge is 0.508 e. The van der Waals surface area contributed by atoms with Gasteiger partial charge in [0, 0.05) is 59.4 Å². The van der Waals surface area contributed by atoms with Crippen molar-refractivity contribution in [3.05, 3.63) is 142 Å². The second-order valence-electron chi connectivity index (χ2n) is 23.2. The van der Waals surface area contributed by atoms with Crippen molar-refractivity contribution in [2.45, 2.75) is 121 Å². The molecule has 2 atom stereocenters. The van der Waals surface area contributed by atoms with Gasteiger partial charge < -0.3 is 34.2 Å². The summed E-state index contributed by atoms with van der Waals surface area (Å²) >= 11 is 0. The first-order valence-corrected chi connectivity index (χ1v) is 28.1. The maximum Gasteiger partial charge on any atom is 0.416 e. The van der Waals surface area contributed by atoms with Crippen LogP contribution in [0.15, 0.2) is 103 Å². The van der Waals surface area contributed by atoms with Gasteiger partial charge in [-0.05, 0) is 150 Å². The topological polar surface area (TPSA) is 91.7 Å². The number of esters is 1. The summed E-state index contributed by atoms with van der Waals surface area (Å²) < 4.78 is 110. The summed E-state index contributed by atoms with van der Waals surface area (Å²) in [5.41, 5.74) is -2.42. The Hall–Kier alpha value is -6.83. The molecule has 0 bridgehead atoms. The van der Waals surface area contributed by atoms with Crippen molar-refractivity contribution < 1.29 is 55.6 Å². The number of alkyl halides is 6. The van der Waals surface area contributed by atoms with Gasteiger partial charge in [-0.1, -0.05) is 102 Å². The molecule has 0 radical (unpaired) electrons. The van der Waals surface area contributed by atoms with E-state index in [-0.39, 0.29) is 51.9 Å². The maximum atomic E-state index is 15.3. The van der Waals surface area contributed by atoms with Crippen LogP contribution in [0.5, 0.6) is 28.7 Å². The zero-order valence-corrected chi connectivity index (χ0v) is 45.2. The molecule has 79 heavy (non-hydrogen) atoms. The fraction of sp³-hybridized carbons (Fsp3) is 0.431. The number of carbonyl (C=O) groups is 1. The van der Waals surface area contributed by atoms with Crippen LogP contribution in [0.1, 0.15) is 137 Å². The molecule has 11 rings (SSSR count). The van der Waals surface area contributed by atoms with Crippen LogP contribution in [-0.2, 0) is 28.2 Å². The van der Waals surface area contributed by atoms with Crippen LogP contribution < -0.4 is 24.0 Å². The first-order chi connectivity index (χ1) is 37.8. The number of hydrogen-bond donors (Lipinski definition) is 2. The lowest BCUT2D eigenvalue weighted by atomic mass is 9.68. The number of ether oxygens (including phenoxy) is 3. The Bertz CT molecular complexity index is 3220. The minimum absolute atomic E-state index is 0.00226. The molecule has 2 saturated carbocycles. The third kappa shape index (κ3) is 10.1. The molecule has 416 valence electrons. The standard InChI is InChI=1S/C65H68F6N2O6/c1-5-6-7-9-39-12-14-40(15-13-39)41-10-8-11-42(34-41)61(76)78-49-26-20-46(21-27-49)72-30-32-73(33-31-72)55-37-51-52(38-56(55)77-4)60-50(28-29-63(79-60,43-16-22-47(74)23-17-43)44-18-24-48(75)25-19-44)59-57(51)53-35-45(64(66,67)68)36-54(65(69,70)71)58(53)62(59,2)3/h16-29,35-42,74-75H,5-15,30-34H2,1-4H3. The number of methoxy groups -OCH3 is 1. The number of rotatable bonds is 12. The van der Waals surface area contributed by atoms with E-state index in [9.17, 15) is 28.2 Å². The van der Waals surface area contributed by atoms with Crippen molar-refractivity contribution >= 4 is 34.2 Å². The molecule has 14 heteroatoms. The molecule has 0 aromatic heterocycles. The third-order valence-electron chi connectivity index (χ3n) is 18.1. The van der Waals surface area contributed by atoms with Crippen LogP contribution in [0.25, 0.3) is 28.0 Å². The van der Waals surface area contributed by atoms with E-state index in [2.05, 4.69) is 16.7 Å². The van der Waals surface area contributed by atoms with E-state index in [1.54, 1.807) is 56.3 Å². The number of phenolic OH excluding ortho intramolecular Hbond substituents is 2. The Labute approximate surface area is 458 Å². The van der Waals surface area contributed by atoms with Crippen molar-refractivity contribution in [2.24, 2.45) is 23.7 Å². The summed E-state index contributed by atoms with van der Waals surface area (Å²) in [6.07, 6.45) is 7.72. The molecule has 0 spiro atoms. The van der Waals surface area contributed by atoms with Crippen LogP contribution in [-0.4, -0.2) is 49.5 Å². The van der Waals surface area contributed by atoms with Crippen molar-refractivity contribution in [1.29, 1.82) is 0 Å². The van der Waals surface area contributed by atoms with Gasteiger partial charge in [-0.2, -0.15) is 26.3 Å². The molecular weight excluding hydrogens is 1020 g/mol. The number of carbonyl (C=O) groups excluding carboxylic acids is 1. The number of nitrogens with zero attached hydrogens (tertiary/aromatic N) is 2. The molecule has 1 saturated heterocycles. The molecule has 6 aromatic carbocycles. The van der Waals surface area contributed by atoms with Crippen molar-refractivity contribution in [3.63, 3.8) is 0 Å². The van der Waals surface area contributed by atoms with Crippen molar-refractivity contribution in [3.8, 4) is 39.9 Å². The summed E-state index contributed by atoms with van der Waals surface area (Å²) in [5.74, 6) is 3.08. The third-order valence-corrected chi connectivity index (χ3v) is 18.1. The molecule has 2 N–H and O–H groups in total. The van der Waals surface area contributed by atoms with Gasteiger partial charge in [0.1, 0.15) is 28.7 Å². The van der Waals surface area contributed by atoms with E-state index in [0.29, 0.717) is 88.2 Å². The fourth-order valence-electron chi connectivity index (χ4n) is 14.0. The summed E-state index contributed by atoms with van der Waals surface area (Å²) in [6.45, 7) is 7.55. The molecular formula is C65H68F6N2O6. The Kier molecular flexibility index (Phi) is 14.4. The highest BCUT2D eigenvalue weighted by atomic mass is 19.4. The van der Waals surface area contributed by atoms with E-state index in [1.165, 1.54) is 89.2 Å². The van der Waals surface area contributed by atoms with E-state index in [0.717, 1.165) is 36.9 Å². The molecule has 8 nitrogen and oxygen atoms in total. The highest BCUT2D eigenvalue weighted by Gasteiger charge is 2.50.